The van der Waals surface area contributed by atoms with Crippen molar-refractivity contribution in [2.75, 3.05) is 13.2 Å². The van der Waals surface area contributed by atoms with Crippen molar-refractivity contribution in [1.82, 2.24) is 15.1 Å². The number of rotatable bonds is 8. The number of aromatic nitrogens is 2. The van der Waals surface area contributed by atoms with Gasteiger partial charge in [0.15, 0.2) is 6.61 Å². The summed E-state index contributed by atoms with van der Waals surface area (Å²) in [4.78, 5) is 26.7. The van der Waals surface area contributed by atoms with Crippen LogP contribution in [0.15, 0.2) is 46.2 Å². The fraction of sp³-hybridized carbons (Fsp3) is 0.263. The van der Waals surface area contributed by atoms with E-state index >= 15 is 0 Å². The minimum Gasteiger partial charge on any atom is -0.452 e. The van der Waals surface area contributed by atoms with Crippen LogP contribution in [0.4, 0.5) is 4.39 Å². The molecule has 0 aliphatic carbocycles. The lowest BCUT2D eigenvalue weighted by atomic mass is 10.2. The number of nitrogens with zero attached hydrogens (tertiary/aromatic N) is 3. The van der Waals surface area contributed by atoms with Gasteiger partial charge in [0.25, 0.3) is 11.8 Å². The first-order valence-electron chi connectivity index (χ1n) is 8.64. The fourth-order valence-electron chi connectivity index (χ4n) is 2.47. The predicted octanol–water partition coefficient (Wildman–Crippen LogP) is 3.53. The number of halogens is 1. The van der Waals surface area contributed by atoms with Gasteiger partial charge < -0.3 is 14.1 Å². The Balaban J connectivity index is 1.61. The first-order valence-corrected chi connectivity index (χ1v) is 9.52. The van der Waals surface area contributed by atoms with Crippen LogP contribution < -0.4 is 0 Å². The van der Waals surface area contributed by atoms with Gasteiger partial charge in [-0.1, -0.05) is 25.1 Å². The van der Waals surface area contributed by atoms with Crippen molar-refractivity contribution in [2.45, 2.75) is 19.9 Å². The summed E-state index contributed by atoms with van der Waals surface area (Å²) in [5.41, 5.74) is -0.213. The number of carbonyl (C=O) groups excluding carboxylic acids is 2. The summed E-state index contributed by atoms with van der Waals surface area (Å²) in [5, 5.41) is 9.85. The molecule has 3 rings (SSSR count). The number of benzene rings is 1. The lowest BCUT2D eigenvalue weighted by Crippen LogP contribution is -2.35. The third-order valence-corrected chi connectivity index (χ3v) is 4.65. The topological polar surface area (TPSA) is 85.5 Å². The van der Waals surface area contributed by atoms with Gasteiger partial charge in [0.2, 0.25) is 5.89 Å². The summed E-state index contributed by atoms with van der Waals surface area (Å²) in [6, 6.07) is 9.18. The van der Waals surface area contributed by atoms with E-state index in [9.17, 15) is 14.0 Å². The van der Waals surface area contributed by atoms with E-state index in [0.29, 0.717) is 18.9 Å². The van der Waals surface area contributed by atoms with Gasteiger partial charge in [0.1, 0.15) is 5.82 Å². The van der Waals surface area contributed by atoms with Crippen molar-refractivity contribution in [3.8, 4) is 10.8 Å². The van der Waals surface area contributed by atoms with Gasteiger partial charge in [-0.05, 0) is 30.0 Å². The molecule has 3 aromatic rings. The Morgan fingerprint density at radius 1 is 1.21 bits per heavy atom. The van der Waals surface area contributed by atoms with Crippen LogP contribution >= 0.6 is 11.3 Å². The second-order valence-electron chi connectivity index (χ2n) is 5.85. The second kappa shape index (κ2) is 9.23. The highest BCUT2D eigenvalue weighted by Crippen LogP contribution is 2.23. The standard InChI is InChI=1S/C19H18FN3O4S/c1-2-9-23(11-16-21-22-18(27-16)15-8-5-10-28-15)17(24)12-26-19(25)13-6-3-4-7-14(13)20/h3-8,10H,2,9,11-12H2,1H3. The number of amides is 1. The highest BCUT2D eigenvalue weighted by Gasteiger charge is 2.20. The van der Waals surface area contributed by atoms with Crippen LogP contribution in [0.1, 0.15) is 29.6 Å². The average molecular weight is 403 g/mol. The summed E-state index contributed by atoms with van der Waals surface area (Å²) in [5.74, 6) is -1.34. The molecule has 0 aliphatic rings. The Morgan fingerprint density at radius 3 is 2.75 bits per heavy atom. The van der Waals surface area contributed by atoms with Crippen molar-refractivity contribution in [3.05, 3.63) is 59.0 Å². The summed E-state index contributed by atoms with van der Waals surface area (Å²) in [6.07, 6.45) is 0.693. The number of thiophene rings is 1. The Morgan fingerprint density at radius 2 is 2.04 bits per heavy atom. The molecule has 28 heavy (non-hydrogen) atoms. The number of ether oxygens (including phenoxy) is 1. The molecular formula is C19H18FN3O4S. The first kappa shape index (κ1) is 19.7. The molecule has 0 saturated carbocycles. The van der Waals surface area contributed by atoms with Crippen LogP contribution in [0, 0.1) is 5.82 Å². The van der Waals surface area contributed by atoms with E-state index in [1.165, 1.54) is 34.4 Å². The molecule has 146 valence electrons. The summed E-state index contributed by atoms with van der Waals surface area (Å²) < 4.78 is 24.2. The maximum Gasteiger partial charge on any atom is 0.341 e. The van der Waals surface area contributed by atoms with Gasteiger partial charge in [-0.15, -0.1) is 21.5 Å². The summed E-state index contributed by atoms with van der Waals surface area (Å²) in [7, 11) is 0. The van der Waals surface area contributed by atoms with Crippen LogP contribution in [0.3, 0.4) is 0 Å². The van der Waals surface area contributed by atoms with Gasteiger partial charge in [-0.3, -0.25) is 4.79 Å². The molecule has 2 heterocycles. The molecular weight excluding hydrogens is 385 g/mol. The van der Waals surface area contributed by atoms with Crippen LogP contribution in [0.25, 0.3) is 10.8 Å². The van der Waals surface area contributed by atoms with Gasteiger partial charge in [-0.25, -0.2) is 9.18 Å². The molecule has 0 fully saturated rings. The highest BCUT2D eigenvalue weighted by molar-refractivity contribution is 7.13. The predicted molar refractivity (Wildman–Crippen MR) is 100 cm³/mol. The van der Waals surface area contributed by atoms with Crippen molar-refractivity contribution < 1.29 is 23.1 Å². The summed E-state index contributed by atoms with van der Waals surface area (Å²) >= 11 is 1.47. The molecule has 0 unspecified atom stereocenters. The first-order chi connectivity index (χ1) is 13.6. The van der Waals surface area contributed by atoms with Gasteiger partial charge in [0, 0.05) is 6.54 Å². The van der Waals surface area contributed by atoms with E-state index in [1.807, 2.05) is 24.4 Å². The van der Waals surface area contributed by atoms with Crippen LogP contribution in [0.5, 0.6) is 0 Å². The van der Waals surface area contributed by atoms with E-state index in [0.717, 1.165) is 10.9 Å². The zero-order chi connectivity index (χ0) is 19.9. The Kier molecular flexibility index (Phi) is 6.49. The van der Waals surface area contributed by atoms with Gasteiger partial charge in [0.05, 0.1) is 17.0 Å². The minimum absolute atomic E-state index is 0.0995. The van der Waals surface area contributed by atoms with Crippen molar-refractivity contribution in [1.29, 1.82) is 0 Å². The third-order valence-electron chi connectivity index (χ3n) is 3.79. The number of hydrogen-bond donors (Lipinski definition) is 0. The molecule has 0 radical (unpaired) electrons. The van der Waals surface area contributed by atoms with E-state index in [1.54, 1.807) is 0 Å². The molecule has 0 aliphatic heterocycles. The number of hydrogen-bond acceptors (Lipinski definition) is 7. The molecule has 7 nitrogen and oxygen atoms in total. The molecule has 0 bridgehead atoms. The lowest BCUT2D eigenvalue weighted by molar-refractivity contribution is -0.135. The Labute approximate surface area is 164 Å². The monoisotopic (exact) mass is 403 g/mol. The smallest absolute Gasteiger partial charge is 0.341 e. The molecule has 1 amide bonds. The normalized spacial score (nSPS) is 10.6. The van der Waals surface area contributed by atoms with E-state index in [4.69, 9.17) is 9.15 Å². The maximum absolute atomic E-state index is 13.6. The molecule has 0 spiro atoms. The van der Waals surface area contributed by atoms with Gasteiger partial charge in [-0.2, -0.15) is 0 Å². The largest absolute Gasteiger partial charge is 0.452 e. The summed E-state index contributed by atoms with van der Waals surface area (Å²) in [6.45, 7) is 1.94. The quantitative estimate of drug-likeness (QED) is 0.535. The molecule has 2 aromatic heterocycles. The lowest BCUT2D eigenvalue weighted by Gasteiger charge is -2.20. The molecule has 0 atom stereocenters. The SMILES string of the molecule is CCCN(Cc1nnc(-c2cccs2)o1)C(=O)COC(=O)c1ccccc1F. The highest BCUT2D eigenvalue weighted by atomic mass is 32.1. The third kappa shape index (κ3) is 4.80. The maximum atomic E-state index is 13.6. The molecule has 0 saturated heterocycles. The van der Waals surface area contributed by atoms with Gasteiger partial charge >= 0.3 is 5.97 Å². The zero-order valence-corrected chi connectivity index (χ0v) is 15.9. The number of carbonyl (C=O) groups is 2. The van der Waals surface area contributed by atoms with Crippen LogP contribution in [-0.2, 0) is 16.1 Å². The van der Waals surface area contributed by atoms with Crippen LogP contribution in [-0.4, -0.2) is 40.1 Å². The Bertz CT molecular complexity index is 942. The zero-order valence-electron chi connectivity index (χ0n) is 15.1. The molecule has 1 aromatic carbocycles. The van der Waals surface area contributed by atoms with Crippen molar-refractivity contribution >= 4 is 23.2 Å². The van der Waals surface area contributed by atoms with Crippen LogP contribution in [0.2, 0.25) is 0 Å². The fourth-order valence-corrected chi connectivity index (χ4v) is 3.11. The minimum atomic E-state index is -0.888. The van der Waals surface area contributed by atoms with E-state index in [-0.39, 0.29) is 18.0 Å². The number of esters is 1. The van der Waals surface area contributed by atoms with Crippen molar-refractivity contribution in [3.63, 3.8) is 0 Å². The van der Waals surface area contributed by atoms with E-state index < -0.39 is 24.3 Å². The van der Waals surface area contributed by atoms with E-state index in [2.05, 4.69) is 10.2 Å². The second-order valence-corrected chi connectivity index (χ2v) is 6.80. The Hall–Kier alpha value is -3.07. The molecule has 0 N–H and O–H groups in total. The molecule has 9 heteroatoms. The van der Waals surface area contributed by atoms with Crippen molar-refractivity contribution in [2.24, 2.45) is 0 Å². The average Bonchev–Trinajstić information content (AvgIpc) is 3.37.